The summed E-state index contributed by atoms with van der Waals surface area (Å²) in [5.74, 6) is -1.44. The molecule has 25 heavy (non-hydrogen) atoms. The first-order valence-electron chi connectivity index (χ1n) is 8.29. The molecule has 0 aromatic heterocycles. The molecule has 132 valence electrons. The third kappa shape index (κ3) is 6.39. The van der Waals surface area contributed by atoms with Crippen LogP contribution in [0.2, 0.25) is 0 Å². The van der Waals surface area contributed by atoms with E-state index in [9.17, 15) is 9.59 Å². The molecule has 2 aromatic rings. The van der Waals surface area contributed by atoms with Gasteiger partial charge in [0.2, 0.25) is 0 Å². The maximum Gasteiger partial charge on any atom is 0.323 e. The predicted molar refractivity (Wildman–Crippen MR) is 95.0 cm³/mol. The van der Waals surface area contributed by atoms with Gasteiger partial charge in [-0.05, 0) is 30.9 Å². The van der Waals surface area contributed by atoms with Crippen LogP contribution in [-0.4, -0.2) is 29.1 Å². The van der Waals surface area contributed by atoms with Crippen molar-refractivity contribution in [2.45, 2.75) is 38.5 Å². The Kier molecular flexibility index (Phi) is 7.16. The zero-order chi connectivity index (χ0) is 18.1. The van der Waals surface area contributed by atoms with Gasteiger partial charge in [-0.15, -0.1) is 0 Å². The minimum Gasteiger partial charge on any atom is -0.480 e. The summed E-state index contributed by atoms with van der Waals surface area (Å²) >= 11 is 0. The summed E-state index contributed by atoms with van der Waals surface area (Å²) in [4.78, 5) is 23.5. The summed E-state index contributed by atoms with van der Waals surface area (Å²) in [6.45, 7) is 1.69. The first-order valence-corrected chi connectivity index (χ1v) is 8.29. The monoisotopic (exact) mass is 341 g/mol. The summed E-state index contributed by atoms with van der Waals surface area (Å²) in [5, 5.41) is 11.9. The van der Waals surface area contributed by atoms with E-state index in [2.05, 4.69) is 5.32 Å². The second kappa shape index (κ2) is 9.59. The maximum absolute atomic E-state index is 12.4. The largest absolute Gasteiger partial charge is 0.480 e. The van der Waals surface area contributed by atoms with Crippen LogP contribution in [0.4, 0.5) is 0 Å². The quantitative estimate of drug-likeness (QED) is 0.686. The lowest BCUT2D eigenvalue weighted by Crippen LogP contribution is -2.46. The summed E-state index contributed by atoms with van der Waals surface area (Å²) in [6, 6.07) is 17.7. The van der Waals surface area contributed by atoms with Crippen LogP contribution in [0.25, 0.3) is 0 Å². The molecule has 2 N–H and O–H groups in total. The molecule has 0 saturated carbocycles. The maximum atomic E-state index is 12.4. The topological polar surface area (TPSA) is 75.6 Å². The van der Waals surface area contributed by atoms with Crippen molar-refractivity contribution in [2.24, 2.45) is 0 Å². The molecule has 0 aliphatic rings. The highest BCUT2D eigenvalue weighted by atomic mass is 16.5. The molecule has 5 heteroatoms. The van der Waals surface area contributed by atoms with Gasteiger partial charge < -0.3 is 9.84 Å². The van der Waals surface area contributed by atoms with Crippen LogP contribution in [-0.2, 0) is 27.4 Å². The number of aliphatic carboxylic acids is 1. The summed E-state index contributed by atoms with van der Waals surface area (Å²) in [5.41, 5.74) is 1.98. The molecule has 0 aliphatic carbocycles. The van der Waals surface area contributed by atoms with E-state index in [1.807, 2.05) is 60.7 Å². The second-order valence-corrected chi connectivity index (χ2v) is 5.90. The number of rotatable bonds is 9. The van der Waals surface area contributed by atoms with E-state index >= 15 is 0 Å². The Morgan fingerprint density at radius 3 is 2.12 bits per heavy atom. The molecule has 2 atom stereocenters. The molecular formula is C20H23NO4. The molecule has 0 amide bonds. The lowest BCUT2D eigenvalue weighted by Gasteiger charge is -2.20. The fraction of sp³-hybridized carbons (Fsp3) is 0.300. The average Bonchev–Trinajstić information content (AvgIpc) is 2.64. The van der Waals surface area contributed by atoms with Gasteiger partial charge in [-0.3, -0.25) is 14.9 Å². The zero-order valence-electron chi connectivity index (χ0n) is 14.2. The first kappa shape index (κ1) is 18.7. The Hall–Kier alpha value is -2.66. The average molecular weight is 341 g/mol. The van der Waals surface area contributed by atoms with E-state index in [0.717, 1.165) is 11.1 Å². The highest BCUT2D eigenvalue weighted by molar-refractivity contribution is 5.78. The van der Waals surface area contributed by atoms with Gasteiger partial charge in [-0.25, -0.2) is 0 Å². The van der Waals surface area contributed by atoms with Crippen molar-refractivity contribution >= 4 is 11.9 Å². The minimum absolute atomic E-state index is 0.171. The Balaban J connectivity index is 1.96. The number of carbonyl (C=O) groups excluding carboxylic acids is 1. The highest BCUT2D eigenvalue weighted by Gasteiger charge is 2.24. The van der Waals surface area contributed by atoms with Gasteiger partial charge in [0.15, 0.2) is 0 Å². The molecule has 0 saturated heterocycles. The first-order chi connectivity index (χ1) is 12.1. The number of ether oxygens (including phenoxy) is 1. The van der Waals surface area contributed by atoms with E-state index in [4.69, 9.17) is 9.84 Å². The number of carboxylic acids is 1. The van der Waals surface area contributed by atoms with Gasteiger partial charge in [-0.2, -0.15) is 0 Å². The van der Waals surface area contributed by atoms with Crippen molar-refractivity contribution in [3.05, 3.63) is 71.8 Å². The van der Waals surface area contributed by atoms with Crippen LogP contribution in [0.15, 0.2) is 60.7 Å². The van der Waals surface area contributed by atoms with Crippen LogP contribution in [0.3, 0.4) is 0 Å². The number of carboxylic acid groups (broad SMARTS) is 1. The Labute approximate surface area is 147 Å². The van der Waals surface area contributed by atoms with E-state index in [1.165, 1.54) is 6.92 Å². The molecule has 0 spiro atoms. The van der Waals surface area contributed by atoms with Crippen LogP contribution < -0.4 is 5.32 Å². The van der Waals surface area contributed by atoms with Crippen molar-refractivity contribution in [1.29, 1.82) is 0 Å². The van der Waals surface area contributed by atoms with Gasteiger partial charge in [0, 0.05) is 0 Å². The number of hydrogen-bond acceptors (Lipinski definition) is 4. The van der Waals surface area contributed by atoms with Crippen molar-refractivity contribution in [3.8, 4) is 0 Å². The Bertz CT molecular complexity index is 673. The zero-order valence-corrected chi connectivity index (χ0v) is 14.2. The van der Waals surface area contributed by atoms with Crippen LogP contribution in [0, 0.1) is 0 Å². The lowest BCUT2D eigenvalue weighted by atomic mass is 10.0. The molecule has 2 rings (SSSR count). The van der Waals surface area contributed by atoms with E-state index in [0.29, 0.717) is 12.8 Å². The SMILES string of the molecule is C[C@@H](N[C@@H](CCc1ccccc1)C(=O)OCc1ccccc1)C(=O)O. The number of aryl methyl sites for hydroxylation is 1. The minimum atomic E-state index is -0.999. The summed E-state index contributed by atoms with van der Waals surface area (Å²) < 4.78 is 5.36. The third-order valence-corrected chi connectivity index (χ3v) is 3.89. The van der Waals surface area contributed by atoms with Crippen molar-refractivity contribution < 1.29 is 19.4 Å². The molecule has 0 fully saturated rings. The predicted octanol–water partition coefficient (Wildman–Crippen LogP) is 2.79. The van der Waals surface area contributed by atoms with Gasteiger partial charge in [0.05, 0.1) is 0 Å². The molecular weight excluding hydrogens is 318 g/mol. The molecule has 0 radical (unpaired) electrons. The lowest BCUT2D eigenvalue weighted by molar-refractivity contribution is -0.148. The molecule has 5 nitrogen and oxygen atoms in total. The summed E-state index contributed by atoms with van der Waals surface area (Å²) in [6.07, 6.45) is 1.13. The Morgan fingerprint density at radius 1 is 1.00 bits per heavy atom. The van der Waals surface area contributed by atoms with Gasteiger partial charge in [-0.1, -0.05) is 60.7 Å². The van der Waals surface area contributed by atoms with Crippen molar-refractivity contribution in [3.63, 3.8) is 0 Å². The fourth-order valence-electron chi connectivity index (χ4n) is 2.43. The second-order valence-electron chi connectivity index (χ2n) is 5.90. The third-order valence-electron chi connectivity index (χ3n) is 3.89. The van der Waals surface area contributed by atoms with Gasteiger partial charge in [0.25, 0.3) is 0 Å². The number of carbonyl (C=O) groups is 2. The molecule has 0 bridgehead atoms. The van der Waals surface area contributed by atoms with Crippen molar-refractivity contribution in [2.75, 3.05) is 0 Å². The molecule has 0 heterocycles. The number of esters is 1. The standard InChI is InChI=1S/C20H23NO4/c1-15(19(22)23)21-18(13-12-16-8-4-2-5-9-16)20(24)25-14-17-10-6-3-7-11-17/h2-11,15,18,21H,12-14H2,1H3,(H,22,23)/t15-,18+/m1/s1. The Morgan fingerprint density at radius 2 is 1.56 bits per heavy atom. The normalized spacial score (nSPS) is 13.0. The molecule has 0 unspecified atom stereocenters. The van der Waals surface area contributed by atoms with Crippen molar-refractivity contribution in [1.82, 2.24) is 5.32 Å². The number of benzene rings is 2. The van der Waals surface area contributed by atoms with E-state index in [1.54, 1.807) is 0 Å². The van der Waals surface area contributed by atoms with Crippen LogP contribution in [0.5, 0.6) is 0 Å². The van der Waals surface area contributed by atoms with E-state index in [-0.39, 0.29) is 6.61 Å². The van der Waals surface area contributed by atoms with E-state index < -0.39 is 24.0 Å². The highest BCUT2D eigenvalue weighted by Crippen LogP contribution is 2.09. The van der Waals surface area contributed by atoms with Gasteiger partial charge in [0.1, 0.15) is 18.7 Å². The summed E-state index contributed by atoms with van der Waals surface area (Å²) in [7, 11) is 0. The number of hydrogen-bond donors (Lipinski definition) is 2. The number of nitrogens with one attached hydrogen (secondary N) is 1. The van der Waals surface area contributed by atoms with Crippen LogP contribution >= 0.6 is 0 Å². The van der Waals surface area contributed by atoms with Crippen LogP contribution in [0.1, 0.15) is 24.5 Å². The smallest absolute Gasteiger partial charge is 0.323 e. The van der Waals surface area contributed by atoms with Gasteiger partial charge >= 0.3 is 11.9 Å². The fourth-order valence-corrected chi connectivity index (χ4v) is 2.43. The molecule has 2 aromatic carbocycles. The molecule has 0 aliphatic heterocycles.